The number of carboxylic acid groups (broad SMARTS) is 1. The molecule has 38 heavy (non-hydrogen) atoms. The maximum Gasteiger partial charge on any atom is 0.408 e. The van der Waals surface area contributed by atoms with Crippen molar-refractivity contribution in [2.75, 3.05) is 12.0 Å². The largest absolute Gasteiger partial charge is 0.480 e. The SMILES string of the molecule is CSCCC(NC(=O)C1Cc2ccccc2CN1C(=O)C(NC(=O)OC(C)(C)C)C1CCCCC1)C(=O)O. The van der Waals surface area contributed by atoms with Gasteiger partial charge in [0.2, 0.25) is 11.8 Å². The number of nitrogens with one attached hydrogen (secondary N) is 2. The van der Waals surface area contributed by atoms with Gasteiger partial charge < -0.3 is 25.4 Å². The molecule has 3 amide bonds. The molecule has 0 bridgehead atoms. The van der Waals surface area contributed by atoms with E-state index in [-0.39, 0.29) is 31.2 Å². The molecular formula is C28H41N3O6S. The number of rotatable bonds is 9. The van der Waals surface area contributed by atoms with E-state index in [0.717, 1.165) is 43.2 Å². The van der Waals surface area contributed by atoms with Crippen molar-refractivity contribution < 1.29 is 29.0 Å². The minimum atomic E-state index is -1.10. The summed E-state index contributed by atoms with van der Waals surface area (Å²) in [7, 11) is 0. The Morgan fingerprint density at radius 3 is 2.34 bits per heavy atom. The van der Waals surface area contributed by atoms with E-state index in [0.29, 0.717) is 5.75 Å². The number of alkyl carbamates (subject to hydrolysis) is 1. The average Bonchev–Trinajstić information content (AvgIpc) is 2.87. The van der Waals surface area contributed by atoms with Gasteiger partial charge in [-0.05, 0) is 69.1 Å². The molecule has 1 aromatic carbocycles. The highest BCUT2D eigenvalue weighted by atomic mass is 32.2. The maximum absolute atomic E-state index is 14.2. The topological polar surface area (TPSA) is 125 Å². The lowest BCUT2D eigenvalue weighted by Crippen LogP contribution is -2.60. The molecule has 3 rings (SSSR count). The third-order valence-corrected chi connectivity index (χ3v) is 7.76. The number of hydrogen-bond donors (Lipinski definition) is 3. The Hall–Kier alpha value is -2.75. The molecule has 1 aliphatic heterocycles. The second-order valence-electron chi connectivity index (χ2n) is 11.2. The number of fused-ring (bicyclic) bond motifs is 1. The van der Waals surface area contributed by atoms with Crippen molar-refractivity contribution in [3.63, 3.8) is 0 Å². The van der Waals surface area contributed by atoms with Gasteiger partial charge in [-0.3, -0.25) is 9.59 Å². The second-order valence-corrected chi connectivity index (χ2v) is 12.1. The normalized spacial score (nSPS) is 19.6. The Bertz CT molecular complexity index is 1000. The van der Waals surface area contributed by atoms with E-state index in [4.69, 9.17) is 4.74 Å². The van der Waals surface area contributed by atoms with E-state index in [1.54, 1.807) is 20.8 Å². The predicted molar refractivity (Wildman–Crippen MR) is 147 cm³/mol. The van der Waals surface area contributed by atoms with Crippen LogP contribution in [-0.4, -0.2) is 69.6 Å². The number of carboxylic acids is 1. The van der Waals surface area contributed by atoms with Crippen molar-refractivity contribution in [1.29, 1.82) is 0 Å². The summed E-state index contributed by atoms with van der Waals surface area (Å²) in [6.45, 7) is 5.50. The summed E-state index contributed by atoms with van der Waals surface area (Å²) < 4.78 is 5.48. The summed E-state index contributed by atoms with van der Waals surface area (Å²) >= 11 is 1.50. The average molecular weight is 548 g/mol. The lowest BCUT2D eigenvalue weighted by molar-refractivity contribution is -0.147. The van der Waals surface area contributed by atoms with Gasteiger partial charge >= 0.3 is 12.1 Å². The lowest BCUT2D eigenvalue weighted by atomic mass is 9.82. The van der Waals surface area contributed by atoms with Crippen molar-refractivity contribution in [2.24, 2.45) is 5.92 Å². The van der Waals surface area contributed by atoms with Gasteiger partial charge in [-0.2, -0.15) is 11.8 Å². The minimum Gasteiger partial charge on any atom is -0.480 e. The van der Waals surface area contributed by atoms with Gasteiger partial charge in [-0.25, -0.2) is 9.59 Å². The second kappa shape index (κ2) is 13.4. The molecule has 10 heteroatoms. The molecule has 1 heterocycles. The van der Waals surface area contributed by atoms with Crippen LogP contribution in [0.4, 0.5) is 4.79 Å². The number of aliphatic carboxylic acids is 1. The number of nitrogens with zero attached hydrogens (tertiary/aromatic N) is 1. The molecule has 0 spiro atoms. The summed E-state index contributed by atoms with van der Waals surface area (Å²) in [5.74, 6) is -1.43. The highest BCUT2D eigenvalue weighted by molar-refractivity contribution is 7.98. The third kappa shape index (κ3) is 8.12. The number of thioether (sulfide) groups is 1. The summed E-state index contributed by atoms with van der Waals surface area (Å²) in [6, 6.07) is 4.87. The van der Waals surface area contributed by atoms with E-state index in [1.807, 2.05) is 30.5 Å². The van der Waals surface area contributed by atoms with E-state index in [1.165, 1.54) is 16.7 Å². The summed E-state index contributed by atoms with van der Waals surface area (Å²) in [5.41, 5.74) is 1.16. The zero-order valence-corrected chi connectivity index (χ0v) is 23.6. The fourth-order valence-electron chi connectivity index (χ4n) is 5.21. The first-order chi connectivity index (χ1) is 18.0. The van der Waals surface area contributed by atoms with E-state index < -0.39 is 41.7 Å². The van der Waals surface area contributed by atoms with Crippen molar-refractivity contribution >= 4 is 35.6 Å². The van der Waals surface area contributed by atoms with Crippen molar-refractivity contribution in [1.82, 2.24) is 15.5 Å². The first-order valence-corrected chi connectivity index (χ1v) is 14.8. The van der Waals surface area contributed by atoms with E-state index >= 15 is 0 Å². The molecule has 9 nitrogen and oxygen atoms in total. The number of amides is 3. The van der Waals surface area contributed by atoms with Gasteiger partial charge in [0.15, 0.2) is 0 Å². The van der Waals surface area contributed by atoms with Crippen LogP contribution in [0, 0.1) is 5.92 Å². The number of carbonyl (C=O) groups is 4. The van der Waals surface area contributed by atoms with Crippen LogP contribution in [0.1, 0.15) is 70.4 Å². The fourth-order valence-corrected chi connectivity index (χ4v) is 5.68. The number of hydrogen-bond acceptors (Lipinski definition) is 6. The molecule has 3 atom stereocenters. The summed E-state index contributed by atoms with van der Waals surface area (Å²) in [5, 5.41) is 15.2. The van der Waals surface area contributed by atoms with Crippen LogP contribution in [0.2, 0.25) is 0 Å². The molecule has 1 aromatic rings. The van der Waals surface area contributed by atoms with E-state index in [9.17, 15) is 24.3 Å². The van der Waals surface area contributed by atoms with Gasteiger partial charge in [-0.15, -0.1) is 0 Å². The van der Waals surface area contributed by atoms with Gasteiger partial charge in [0.05, 0.1) is 0 Å². The number of benzene rings is 1. The molecular weight excluding hydrogens is 506 g/mol. The first kappa shape index (κ1) is 29.8. The van der Waals surface area contributed by atoms with Gasteiger partial charge in [0.1, 0.15) is 23.7 Å². The van der Waals surface area contributed by atoms with Crippen LogP contribution in [0.5, 0.6) is 0 Å². The molecule has 0 aromatic heterocycles. The van der Waals surface area contributed by atoms with Crippen LogP contribution in [-0.2, 0) is 32.1 Å². The first-order valence-electron chi connectivity index (χ1n) is 13.4. The maximum atomic E-state index is 14.2. The quantitative estimate of drug-likeness (QED) is 0.430. The summed E-state index contributed by atoms with van der Waals surface area (Å²) in [4.78, 5) is 53.8. The Labute approximate surface area is 229 Å². The zero-order valence-electron chi connectivity index (χ0n) is 22.8. The monoisotopic (exact) mass is 547 g/mol. The van der Waals surface area contributed by atoms with Crippen molar-refractivity contribution in [3.05, 3.63) is 35.4 Å². The molecule has 210 valence electrons. The van der Waals surface area contributed by atoms with E-state index in [2.05, 4.69) is 10.6 Å². The third-order valence-electron chi connectivity index (χ3n) is 7.12. The number of ether oxygens (including phenoxy) is 1. The highest BCUT2D eigenvalue weighted by Crippen LogP contribution is 2.31. The van der Waals surface area contributed by atoms with Crippen molar-refractivity contribution in [3.8, 4) is 0 Å². The van der Waals surface area contributed by atoms with Crippen LogP contribution >= 0.6 is 11.8 Å². The van der Waals surface area contributed by atoms with Crippen LogP contribution < -0.4 is 10.6 Å². The van der Waals surface area contributed by atoms with Crippen molar-refractivity contribution in [2.45, 2.75) is 96.0 Å². The summed E-state index contributed by atoms with van der Waals surface area (Å²) in [6.07, 6.45) is 6.37. The number of carbonyl (C=O) groups excluding carboxylic acids is 3. The molecule has 1 fully saturated rings. The molecule has 3 N–H and O–H groups in total. The molecule has 3 unspecified atom stereocenters. The minimum absolute atomic E-state index is 0.0713. The Morgan fingerprint density at radius 1 is 1.08 bits per heavy atom. The molecule has 1 saturated carbocycles. The van der Waals surface area contributed by atoms with Crippen LogP contribution in [0.25, 0.3) is 0 Å². The Morgan fingerprint density at radius 2 is 1.74 bits per heavy atom. The van der Waals surface area contributed by atoms with Crippen LogP contribution in [0.3, 0.4) is 0 Å². The van der Waals surface area contributed by atoms with Gasteiger partial charge in [0.25, 0.3) is 0 Å². The van der Waals surface area contributed by atoms with Gasteiger partial charge in [-0.1, -0.05) is 43.5 Å². The molecule has 0 saturated heterocycles. The Balaban J connectivity index is 1.90. The lowest BCUT2D eigenvalue weighted by Gasteiger charge is -2.40. The smallest absolute Gasteiger partial charge is 0.408 e. The fraction of sp³-hybridized carbons (Fsp3) is 0.643. The highest BCUT2D eigenvalue weighted by Gasteiger charge is 2.42. The zero-order chi connectivity index (χ0) is 27.9. The standard InChI is InChI=1S/C28H41N3O6S/c1-28(2,3)37-27(36)30-23(18-10-6-5-7-11-18)25(33)31-17-20-13-9-8-12-19(20)16-22(31)24(32)29-21(26(34)35)14-15-38-4/h8-9,12-13,18,21-23H,5-7,10-11,14-17H2,1-4H3,(H,29,32)(H,30,36)(H,34,35). The Kier molecular flexibility index (Phi) is 10.5. The molecule has 2 aliphatic rings. The molecule has 1 aliphatic carbocycles. The van der Waals surface area contributed by atoms with Crippen LogP contribution in [0.15, 0.2) is 24.3 Å². The molecule has 0 radical (unpaired) electrons. The predicted octanol–water partition coefficient (Wildman–Crippen LogP) is 3.74. The van der Waals surface area contributed by atoms with Gasteiger partial charge in [0, 0.05) is 13.0 Å².